The van der Waals surface area contributed by atoms with Gasteiger partial charge in [-0.3, -0.25) is 4.79 Å². The first-order chi connectivity index (χ1) is 14.0. The van der Waals surface area contributed by atoms with Crippen LogP contribution in [0.4, 0.5) is 0 Å². The Hall–Kier alpha value is -2.90. The first-order valence-electron chi connectivity index (χ1n) is 10.1. The van der Waals surface area contributed by atoms with Crippen molar-refractivity contribution < 1.29 is 9.90 Å². The van der Waals surface area contributed by atoms with Gasteiger partial charge in [-0.1, -0.05) is 24.3 Å². The second-order valence-electron chi connectivity index (χ2n) is 7.56. The second-order valence-corrected chi connectivity index (χ2v) is 7.56. The molecule has 1 amide bonds. The number of nitrogens with one attached hydrogen (secondary N) is 3. The average Bonchev–Trinajstić information content (AvgIpc) is 3.35. The number of para-hydroxylation sites is 1. The summed E-state index contributed by atoms with van der Waals surface area (Å²) in [5.41, 5.74) is 10.2. The lowest BCUT2D eigenvalue weighted by atomic mass is 10.0. The van der Waals surface area contributed by atoms with E-state index in [0.29, 0.717) is 25.9 Å². The molecular formula is C22H27N5O2. The highest BCUT2D eigenvalue weighted by Gasteiger charge is 2.33. The van der Waals surface area contributed by atoms with Crippen molar-refractivity contribution in [2.24, 2.45) is 0 Å². The number of aromatic hydroxyl groups is 1. The van der Waals surface area contributed by atoms with Crippen molar-refractivity contribution in [3.05, 3.63) is 59.4 Å². The van der Waals surface area contributed by atoms with E-state index in [-0.39, 0.29) is 23.7 Å². The third-order valence-corrected chi connectivity index (χ3v) is 5.51. The van der Waals surface area contributed by atoms with Crippen molar-refractivity contribution in [1.29, 1.82) is 0 Å². The van der Waals surface area contributed by atoms with Crippen molar-refractivity contribution in [2.45, 2.75) is 38.8 Å². The number of carbonyl (C=O) groups excluding carboxylic acids is 1. The van der Waals surface area contributed by atoms with Crippen molar-refractivity contribution in [3.63, 3.8) is 0 Å². The topological polar surface area (TPSA) is 93.3 Å². The number of likely N-dealkylation sites (N-methyl/N-ethyl adjacent to an activating group) is 1. The van der Waals surface area contributed by atoms with Gasteiger partial charge >= 0.3 is 0 Å². The number of aromatic amines is 1. The molecule has 2 heterocycles. The first kappa shape index (κ1) is 19.4. The maximum Gasteiger partial charge on any atom is 0.241 e. The number of hydrazine groups is 1. The molecule has 1 saturated heterocycles. The summed E-state index contributed by atoms with van der Waals surface area (Å²) >= 11 is 0. The predicted octanol–water partition coefficient (Wildman–Crippen LogP) is 2.58. The van der Waals surface area contributed by atoms with Crippen molar-refractivity contribution in [2.75, 3.05) is 13.1 Å². The van der Waals surface area contributed by atoms with Gasteiger partial charge < -0.3 is 15.0 Å². The van der Waals surface area contributed by atoms with E-state index in [1.54, 1.807) is 12.1 Å². The third-order valence-electron chi connectivity index (χ3n) is 5.51. The molecule has 7 heteroatoms. The number of carbonyl (C=O) groups is 1. The molecule has 2 atom stereocenters. The van der Waals surface area contributed by atoms with Gasteiger partial charge in [0.2, 0.25) is 5.91 Å². The van der Waals surface area contributed by atoms with Gasteiger partial charge in [0.05, 0.1) is 17.1 Å². The molecule has 0 bridgehead atoms. The second kappa shape index (κ2) is 8.23. The maximum absolute atomic E-state index is 13.0. The Bertz CT molecular complexity index is 1020. The number of aromatic nitrogens is 2. The Morgan fingerprint density at radius 1 is 1.24 bits per heavy atom. The van der Waals surface area contributed by atoms with Gasteiger partial charge in [0.15, 0.2) is 0 Å². The van der Waals surface area contributed by atoms with E-state index in [1.807, 2.05) is 30.0 Å². The van der Waals surface area contributed by atoms with E-state index < -0.39 is 0 Å². The molecule has 2 aromatic carbocycles. The maximum atomic E-state index is 13.0. The molecule has 0 spiro atoms. The summed E-state index contributed by atoms with van der Waals surface area (Å²) in [7, 11) is 0. The minimum atomic E-state index is -0.321. The number of H-pyrrole nitrogens is 1. The van der Waals surface area contributed by atoms with Crippen LogP contribution in [0.1, 0.15) is 36.3 Å². The summed E-state index contributed by atoms with van der Waals surface area (Å²) in [5, 5.41) is 10.1. The fraction of sp³-hybridized carbons (Fsp3) is 0.364. The molecule has 152 valence electrons. The number of nitrogens with zero attached hydrogens (tertiary/aromatic N) is 2. The molecule has 1 aromatic heterocycles. The number of fused-ring (bicyclic) bond motifs is 1. The van der Waals surface area contributed by atoms with Crippen LogP contribution in [0.2, 0.25) is 0 Å². The van der Waals surface area contributed by atoms with Crippen molar-refractivity contribution >= 4 is 16.9 Å². The van der Waals surface area contributed by atoms with E-state index in [4.69, 9.17) is 0 Å². The highest BCUT2D eigenvalue weighted by Crippen LogP contribution is 2.29. The van der Waals surface area contributed by atoms with Gasteiger partial charge in [-0.2, -0.15) is 0 Å². The summed E-state index contributed by atoms with van der Waals surface area (Å²) in [6.45, 7) is 5.29. The first-order valence-corrected chi connectivity index (χ1v) is 10.1. The standard InChI is InChI=1S/C22H27N5O2/c1-3-27(11-10-21-23-16-9-8-14(2)12-18(16)24-21)22(29)19-13-17(25-26-19)15-6-4-5-7-20(15)28/h4-9,12,17,19,25-26,28H,3,10-11,13H2,1-2H3,(H,23,24). The monoisotopic (exact) mass is 393 g/mol. The van der Waals surface area contributed by atoms with Gasteiger partial charge in [-0.05, 0) is 44.0 Å². The minimum Gasteiger partial charge on any atom is -0.508 e. The molecule has 1 aliphatic heterocycles. The lowest BCUT2D eigenvalue weighted by Crippen LogP contribution is -2.46. The average molecular weight is 393 g/mol. The van der Waals surface area contributed by atoms with Gasteiger partial charge in [0, 0.05) is 25.1 Å². The van der Waals surface area contributed by atoms with Crippen LogP contribution in [-0.2, 0) is 11.2 Å². The molecular weight excluding hydrogens is 366 g/mol. The van der Waals surface area contributed by atoms with Crippen LogP contribution in [0.15, 0.2) is 42.5 Å². The Labute approximate surface area is 170 Å². The van der Waals surface area contributed by atoms with E-state index in [9.17, 15) is 9.90 Å². The zero-order valence-electron chi connectivity index (χ0n) is 16.8. The molecule has 7 nitrogen and oxygen atoms in total. The molecule has 1 fully saturated rings. The highest BCUT2D eigenvalue weighted by molar-refractivity contribution is 5.82. The number of aryl methyl sites for hydroxylation is 1. The van der Waals surface area contributed by atoms with Crippen LogP contribution in [0.3, 0.4) is 0 Å². The smallest absolute Gasteiger partial charge is 0.241 e. The number of amides is 1. The number of rotatable bonds is 6. The number of benzene rings is 2. The molecule has 29 heavy (non-hydrogen) atoms. The van der Waals surface area contributed by atoms with E-state index in [2.05, 4.69) is 39.9 Å². The fourth-order valence-electron chi connectivity index (χ4n) is 3.88. The molecule has 1 aliphatic rings. The Kier molecular flexibility index (Phi) is 5.51. The number of phenols is 1. The van der Waals surface area contributed by atoms with Gasteiger partial charge in [-0.25, -0.2) is 15.8 Å². The predicted molar refractivity (Wildman–Crippen MR) is 112 cm³/mol. The SMILES string of the molecule is CCN(CCc1nc2ccc(C)cc2[nH]1)C(=O)C1CC(c2ccccc2O)NN1. The number of hydrogen-bond donors (Lipinski definition) is 4. The zero-order valence-corrected chi connectivity index (χ0v) is 16.8. The number of imidazole rings is 1. The zero-order chi connectivity index (χ0) is 20.4. The molecule has 0 aliphatic carbocycles. The van der Waals surface area contributed by atoms with E-state index >= 15 is 0 Å². The van der Waals surface area contributed by atoms with Crippen molar-refractivity contribution in [1.82, 2.24) is 25.7 Å². The van der Waals surface area contributed by atoms with Crippen LogP contribution in [0.5, 0.6) is 5.75 Å². The summed E-state index contributed by atoms with van der Waals surface area (Å²) < 4.78 is 0. The molecule has 3 aromatic rings. The molecule has 0 saturated carbocycles. The summed E-state index contributed by atoms with van der Waals surface area (Å²) in [6, 6.07) is 13.0. The Morgan fingerprint density at radius 2 is 2.07 bits per heavy atom. The summed E-state index contributed by atoms with van der Waals surface area (Å²) in [5.74, 6) is 1.19. The Morgan fingerprint density at radius 3 is 2.86 bits per heavy atom. The Balaban J connectivity index is 1.38. The lowest BCUT2D eigenvalue weighted by Gasteiger charge is -2.23. The largest absolute Gasteiger partial charge is 0.508 e. The number of hydrogen-bond acceptors (Lipinski definition) is 5. The lowest BCUT2D eigenvalue weighted by molar-refractivity contribution is -0.133. The van der Waals surface area contributed by atoms with Gasteiger partial charge in [0.25, 0.3) is 0 Å². The van der Waals surface area contributed by atoms with Crippen LogP contribution >= 0.6 is 0 Å². The third kappa shape index (κ3) is 4.11. The van der Waals surface area contributed by atoms with E-state index in [0.717, 1.165) is 22.4 Å². The number of phenolic OH excluding ortho intramolecular Hbond substituents is 1. The highest BCUT2D eigenvalue weighted by atomic mass is 16.3. The van der Waals surface area contributed by atoms with Crippen LogP contribution < -0.4 is 10.9 Å². The van der Waals surface area contributed by atoms with E-state index in [1.165, 1.54) is 5.56 Å². The summed E-state index contributed by atoms with van der Waals surface area (Å²) in [4.78, 5) is 22.8. The van der Waals surface area contributed by atoms with Crippen LogP contribution in [0, 0.1) is 6.92 Å². The normalized spacial score (nSPS) is 19.0. The fourth-order valence-corrected chi connectivity index (χ4v) is 3.88. The molecule has 0 radical (unpaired) electrons. The van der Waals surface area contributed by atoms with Crippen LogP contribution in [-0.4, -0.2) is 45.0 Å². The van der Waals surface area contributed by atoms with Crippen molar-refractivity contribution in [3.8, 4) is 5.75 Å². The molecule has 4 N–H and O–H groups in total. The minimum absolute atomic E-state index is 0.0601. The molecule has 4 rings (SSSR count). The van der Waals surface area contributed by atoms with Gasteiger partial charge in [-0.15, -0.1) is 0 Å². The van der Waals surface area contributed by atoms with Gasteiger partial charge in [0.1, 0.15) is 17.6 Å². The van der Waals surface area contributed by atoms with Crippen LogP contribution in [0.25, 0.3) is 11.0 Å². The summed E-state index contributed by atoms with van der Waals surface area (Å²) in [6.07, 6.45) is 1.27. The molecule has 2 unspecified atom stereocenters. The quantitative estimate of drug-likeness (QED) is 0.517.